The standard InChI is InChI=1S/C9H13NO2/c1-4-7-5-6-8(11-2)9(10-7)12-3/h5-6H,4H2,1-3H3. The molecule has 0 aliphatic heterocycles. The van der Waals surface area contributed by atoms with Crippen molar-refractivity contribution in [3.63, 3.8) is 0 Å². The van der Waals surface area contributed by atoms with Crippen LogP contribution in [0.4, 0.5) is 0 Å². The molecule has 0 N–H and O–H groups in total. The van der Waals surface area contributed by atoms with E-state index in [9.17, 15) is 0 Å². The van der Waals surface area contributed by atoms with Gasteiger partial charge in [0.05, 0.1) is 14.2 Å². The van der Waals surface area contributed by atoms with Gasteiger partial charge in [-0.15, -0.1) is 0 Å². The molecule has 1 aromatic heterocycles. The van der Waals surface area contributed by atoms with Gasteiger partial charge in [0, 0.05) is 5.69 Å². The summed E-state index contributed by atoms with van der Waals surface area (Å²) < 4.78 is 10.1. The predicted molar refractivity (Wildman–Crippen MR) is 46.7 cm³/mol. The van der Waals surface area contributed by atoms with Crippen LogP contribution in [-0.4, -0.2) is 19.2 Å². The highest BCUT2D eigenvalue weighted by Gasteiger charge is 2.04. The molecule has 0 spiro atoms. The Morgan fingerprint density at radius 2 is 2.00 bits per heavy atom. The number of methoxy groups -OCH3 is 2. The number of nitrogens with zero attached hydrogens (tertiary/aromatic N) is 1. The van der Waals surface area contributed by atoms with Gasteiger partial charge in [0.15, 0.2) is 5.75 Å². The Balaban J connectivity index is 3.02. The van der Waals surface area contributed by atoms with Gasteiger partial charge in [0.1, 0.15) is 0 Å². The van der Waals surface area contributed by atoms with Crippen molar-refractivity contribution in [2.45, 2.75) is 13.3 Å². The maximum absolute atomic E-state index is 5.05. The second kappa shape index (κ2) is 3.95. The van der Waals surface area contributed by atoms with Gasteiger partial charge in [-0.25, -0.2) is 4.98 Å². The molecule has 1 aromatic rings. The van der Waals surface area contributed by atoms with Gasteiger partial charge in [-0.05, 0) is 18.6 Å². The summed E-state index contributed by atoms with van der Waals surface area (Å²) in [6.45, 7) is 2.05. The molecule has 66 valence electrons. The van der Waals surface area contributed by atoms with Crippen LogP contribution in [0.2, 0.25) is 0 Å². The first kappa shape index (κ1) is 8.84. The molecule has 3 nitrogen and oxygen atoms in total. The van der Waals surface area contributed by atoms with Gasteiger partial charge in [-0.2, -0.15) is 0 Å². The Labute approximate surface area is 72.3 Å². The van der Waals surface area contributed by atoms with Crippen molar-refractivity contribution in [2.24, 2.45) is 0 Å². The summed E-state index contributed by atoms with van der Waals surface area (Å²) in [4.78, 5) is 4.23. The van der Waals surface area contributed by atoms with Crippen molar-refractivity contribution in [3.8, 4) is 11.6 Å². The minimum atomic E-state index is 0.553. The Morgan fingerprint density at radius 3 is 2.50 bits per heavy atom. The van der Waals surface area contributed by atoms with Crippen molar-refractivity contribution in [1.29, 1.82) is 0 Å². The molecule has 0 aliphatic rings. The van der Waals surface area contributed by atoms with Crippen molar-refractivity contribution in [2.75, 3.05) is 14.2 Å². The van der Waals surface area contributed by atoms with Crippen LogP contribution in [0, 0.1) is 0 Å². The molecule has 1 heterocycles. The highest BCUT2D eigenvalue weighted by atomic mass is 16.5. The van der Waals surface area contributed by atoms with Crippen LogP contribution < -0.4 is 9.47 Å². The SMILES string of the molecule is CCc1ccc(OC)c(OC)n1. The predicted octanol–water partition coefficient (Wildman–Crippen LogP) is 1.66. The molecule has 0 radical (unpaired) electrons. The molecular weight excluding hydrogens is 154 g/mol. The Hall–Kier alpha value is -1.25. The number of hydrogen-bond donors (Lipinski definition) is 0. The number of rotatable bonds is 3. The fourth-order valence-corrected chi connectivity index (χ4v) is 0.964. The number of hydrogen-bond acceptors (Lipinski definition) is 3. The number of aryl methyl sites for hydroxylation is 1. The van der Waals surface area contributed by atoms with Gasteiger partial charge in [0.2, 0.25) is 0 Å². The molecule has 0 bridgehead atoms. The van der Waals surface area contributed by atoms with E-state index >= 15 is 0 Å². The first-order chi connectivity index (χ1) is 5.81. The van der Waals surface area contributed by atoms with E-state index in [0.29, 0.717) is 11.6 Å². The first-order valence-electron chi connectivity index (χ1n) is 3.89. The van der Waals surface area contributed by atoms with Crippen LogP contribution in [-0.2, 0) is 6.42 Å². The molecule has 0 atom stereocenters. The minimum Gasteiger partial charge on any atom is -0.491 e. The molecule has 0 fully saturated rings. The molecule has 0 saturated heterocycles. The molecule has 12 heavy (non-hydrogen) atoms. The summed E-state index contributed by atoms with van der Waals surface area (Å²) in [6, 6.07) is 3.80. The van der Waals surface area contributed by atoms with Gasteiger partial charge >= 0.3 is 0 Å². The highest BCUT2D eigenvalue weighted by molar-refractivity contribution is 5.34. The lowest BCUT2D eigenvalue weighted by Gasteiger charge is -2.06. The second-order valence-electron chi connectivity index (χ2n) is 2.37. The summed E-state index contributed by atoms with van der Waals surface area (Å²) >= 11 is 0. The lowest BCUT2D eigenvalue weighted by molar-refractivity contribution is 0.342. The van der Waals surface area contributed by atoms with Crippen LogP contribution in [0.15, 0.2) is 12.1 Å². The Kier molecular flexibility index (Phi) is 2.91. The van der Waals surface area contributed by atoms with Crippen LogP contribution in [0.25, 0.3) is 0 Å². The monoisotopic (exact) mass is 167 g/mol. The summed E-state index contributed by atoms with van der Waals surface area (Å²) in [7, 11) is 3.19. The van der Waals surface area contributed by atoms with Gasteiger partial charge in [0.25, 0.3) is 5.88 Å². The summed E-state index contributed by atoms with van der Waals surface area (Å²) in [5.74, 6) is 1.23. The zero-order valence-electron chi connectivity index (χ0n) is 7.63. The van der Waals surface area contributed by atoms with E-state index in [1.54, 1.807) is 14.2 Å². The molecule has 3 heteroatoms. The van der Waals surface area contributed by atoms with Crippen LogP contribution >= 0.6 is 0 Å². The first-order valence-corrected chi connectivity index (χ1v) is 3.89. The second-order valence-corrected chi connectivity index (χ2v) is 2.37. The molecule has 0 amide bonds. The molecule has 1 rings (SSSR count). The third-order valence-electron chi connectivity index (χ3n) is 1.66. The normalized spacial score (nSPS) is 9.58. The van der Waals surface area contributed by atoms with Crippen LogP contribution in [0.3, 0.4) is 0 Å². The van der Waals surface area contributed by atoms with E-state index in [2.05, 4.69) is 4.98 Å². The average molecular weight is 167 g/mol. The number of ether oxygens (including phenoxy) is 2. The molecule has 0 aliphatic carbocycles. The van der Waals surface area contributed by atoms with E-state index in [-0.39, 0.29) is 0 Å². The quantitative estimate of drug-likeness (QED) is 0.686. The van der Waals surface area contributed by atoms with Crippen molar-refractivity contribution < 1.29 is 9.47 Å². The Morgan fingerprint density at radius 1 is 1.25 bits per heavy atom. The molecule has 0 aromatic carbocycles. The number of pyridine rings is 1. The average Bonchev–Trinajstić information content (AvgIpc) is 2.16. The van der Waals surface area contributed by atoms with Crippen LogP contribution in [0.1, 0.15) is 12.6 Å². The van der Waals surface area contributed by atoms with E-state index in [4.69, 9.17) is 9.47 Å². The third kappa shape index (κ3) is 1.67. The minimum absolute atomic E-state index is 0.553. The maximum Gasteiger partial charge on any atom is 0.256 e. The lowest BCUT2D eigenvalue weighted by Crippen LogP contribution is -1.95. The fraction of sp³-hybridized carbons (Fsp3) is 0.444. The van der Waals surface area contributed by atoms with Gasteiger partial charge in [-0.3, -0.25) is 0 Å². The van der Waals surface area contributed by atoms with E-state index in [1.165, 1.54) is 0 Å². The van der Waals surface area contributed by atoms with Gasteiger partial charge < -0.3 is 9.47 Å². The topological polar surface area (TPSA) is 31.4 Å². The number of aromatic nitrogens is 1. The van der Waals surface area contributed by atoms with E-state index < -0.39 is 0 Å². The van der Waals surface area contributed by atoms with E-state index in [0.717, 1.165) is 12.1 Å². The van der Waals surface area contributed by atoms with Crippen molar-refractivity contribution in [1.82, 2.24) is 4.98 Å². The summed E-state index contributed by atoms with van der Waals surface area (Å²) in [5, 5.41) is 0. The van der Waals surface area contributed by atoms with Crippen molar-refractivity contribution >= 4 is 0 Å². The molecule has 0 unspecified atom stereocenters. The largest absolute Gasteiger partial charge is 0.491 e. The van der Waals surface area contributed by atoms with Gasteiger partial charge in [-0.1, -0.05) is 6.92 Å². The zero-order chi connectivity index (χ0) is 8.97. The summed E-state index contributed by atoms with van der Waals surface area (Å²) in [5.41, 5.74) is 1.01. The summed E-state index contributed by atoms with van der Waals surface area (Å²) in [6.07, 6.45) is 0.903. The highest BCUT2D eigenvalue weighted by Crippen LogP contribution is 2.23. The lowest BCUT2D eigenvalue weighted by atomic mass is 10.3. The van der Waals surface area contributed by atoms with Crippen LogP contribution in [0.5, 0.6) is 11.6 Å². The molecule has 0 saturated carbocycles. The maximum atomic E-state index is 5.05. The third-order valence-corrected chi connectivity index (χ3v) is 1.66. The Bertz CT molecular complexity index is 261. The zero-order valence-corrected chi connectivity index (χ0v) is 7.63. The molecular formula is C9H13NO2. The van der Waals surface area contributed by atoms with Crippen molar-refractivity contribution in [3.05, 3.63) is 17.8 Å². The smallest absolute Gasteiger partial charge is 0.256 e. The fourth-order valence-electron chi connectivity index (χ4n) is 0.964. The van der Waals surface area contributed by atoms with E-state index in [1.807, 2.05) is 19.1 Å².